The molecule has 0 N–H and O–H groups in total. The Labute approximate surface area is 96.0 Å². The third-order valence-electron chi connectivity index (χ3n) is 3.10. The van der Waals surface area contributed by atoms with Crippen molar-refractivity contribution >= 4 is 0 Å². The molecule has 1 aliphatic rings. The Morgan fingerprint density at radius 3 is 2.69 bits per heavy atom. The van der Waals surface area contributed by atoms with Crippen molar-refractivity contribution < 1.29 is 21.7 Å². The molecule has 1 heteroatoms. The van der Waals surface area contributed by atoms with Crippen LogP contribution in [-0.4, -0.2) is 0 Å². The van der Waals surface area contributed by atoms with Crippen molar-refractivity contribution in [1.29, 1.82) is 0 Å². The second kappa shape index (κ2) is 4.53. The molecule has 1 aliphatic carbocycles. The molecule has 0 aromatic heterocycles. The molecule has 0 spiro atoms. The van der Waals surface area contributed by atoms with E-state index in [-0.39, 0.29) is 21.7 Å². The molecule has 0 saturated carbocycles. The molecule has 0 unspecified atom stereocenters. The zero-order valence-electron chi connectivity index (χ0n) is 8.61. The minimum Gasteiger partial charge on any atom is -0.198 e. The molecule has 0 heterocycles. The smallest absolute Gasteiger partial charge is 0 e. The summed E-state index contributed by atoms with van der Waals surface area (Å²) in [5, 5.41) is 0. The van der Waals surface area contributed by atoms with E-state index in [0.717, 1.165) is 0 Å². The van der Waals surface area contributed by atoms with Crippen LogP contribution < -0.4 is 0 Å². The van der Waals surface area contributed by atoms with Crippen LogP contribution in [0.15, 0.2) is 6.07 Å². The summed E-state index contributed by atoms with van der Waals surface area (Å²) in [6, 6.07) is 2.40. The summed E-state index contributed by atoms with van der Waals surface area (Å²) in [7, 11) is 0. The topological polar surface area (TPSA) is 0 Å². The molecule has 1 aromatic carbocycles. The quantitative estimate of drug-likeness (QED) is 0.492. The van der Waals surface area contributed by atoms with Crippen LogP contribution in [0.4, 0.5) is 0 Å². The van der Waals surface area contributed by atoms with E-state index < -0.39 is 0 Å². The van der Waals surface area contributed by atoms with Gasteiger partial charge in [0.05, 0.1) is 0 Å². The van der Waals surface area contributed by atoms with E-state index >= 15 is 0 Å². The summed E-state index contributed by atoms with van der Waals surface area (Å²) in [5.74, 6) is 0. The maximum Gasteiger partial charge on any atom is 0 e. The summed E-state index contributed by atoms with van der Waals surface area (Å²) in [6.07, 6.45) is 6.70. The fourth-order valence-corrected chi connectivity index (χ4v) is 2.45. The molecule has 13 heavy (non-hydrogen) atoms. The molecule has 2 rings (SSSR count). The molecule has 0 radical (unpaired) electrons. The van der Waals surface area contributed by atoms with Gasteiger partial charge in [-0.1, -0.05) is 46.0 Å². The molecule has 1 aromatic rings. The van der Waals surface area contributed by atoms with E-state index in [1.807, 2.05) is 0 Å². The zero-order valence-corrected chi connectivity index (χ0v) is 10.2. The van der Waals surface area contributed by atoms with E-state index in [9.17, 15) is 0 Å². The maximum absolute atomic E-state index is 2.40. The van der Waals surface area contributed by atoms with Gasteiger partial charge >= 0.3 is 0 Å². The van der Waals surface area contributed by atoms with Crippen LogP contribution in [0, 0.1) is 6.92 Å². The predicted molar refractivity (Wildman–Crippen MR) is 52.8 cm³/mol. The summed E-state index contributed by atoms with van der Waals surface area (Å²) >= 11 is 0. The molecule has 0 saturated heterocycles. The molecule has 70 valence electrons. The van der Waals surface area contributed by atoms with E-state index in [1.54, 1.807) is 22.3 Å². The number of hydrogen-bond donors (Lipinski definition) is 0. The average molecular weight is 209 g/mol. The van der Waals surface area contributed by atoms with Gasteiger partial charge in [-0.25, -0.2) is 0 Å². The predicted octanol–water partition coefficient (Wildman–Crippen LogP) is 3.15. The first-order valence-electron chi connectivity index (χ1n) is 5.10. The first kappa shape index (κ1) is 11.1. The van der Waals surface area contributed by atoms with Gasteiger partial charge in [0, 0.05) is 21.7 Å². The first-order valence-corrected chi connectivity index (χ1v) is 5.10. The summed E-state index contributed by atoms with van der Waals surface area (Å²) in [6.45, 7) is 4.53. The van der Waals surface area contributed by atoms with Crippen molar-refractivity contribution in [3.63, 3.8) is 0 Å². The fraction of sp³-hybridized carbons (Fsp3) is 0.583. The summed E-state index contributed by atoms with van der Waals surface area (Å²) in [5.41, 5.74) is 6.53. The van der Waals surface area contributed by atoms with Crippen LogP contribution in [0.5, 0.6) is 0 Å². The van der Waals surface area contributed by atoms with Crippen molar-refractivity contribution in [2.45, 2.75) is 46.0 Å². The second-order valence-corrected chi connectivity index (χ2v) is 3.87. The normalized spacial score (nSPS) is 14.9. The van der Waals surface area contributed by atoms with Gasteiger partial charge in [-0.05, 0) is 0 Å². The van der Waals surface area contributed by atoms with E-state index in [2.05, 4.69) is 19.9 Å². The molecular weight excluding hydrogens is 192 g/mol. The second-order valence-electron chi connectivity index (χ2n) is 3.87. The van der Waals surface area contributed by atoms with Crippen LogP contribution in [0.2, 0.25) is 0 Å². The first-order chi connectivity index (χ1) is 5.83. The Morgan fingerprint density at radius 2 is 2.00 bits per heavy atom. The number of aryl methyl sites for hydroxylation is 2. The Morgan fingerprint density at radius 1 is 1.31 bits per heavy atom. The van der Waals surface area contributed by atoms with Crippen molar-refractivity contribution in [2.24, 2.45) is 0 Å². The van der Waals surface area contributed by atoms with Gasteiger partial charge in [0.2, 0.25) is 0 Å². The van der Waals surface area contributed by atoms with Crippen molar-refractivity contribution in [3.8, 4) is 0 Å². The minimum absolute atomic E-state index is 0. The van der Waals surface area contributed by atoms with E-state index in [1.165, 1.54) is 32.1 Å². The SMILES string of the molecule is CC[c-]1cc(C)c2c1CCCC2.[Ti]. The van der Waals surface area contributed by atoms with Gasteiger partial charge < -0.3 is 0 Å². The Kier molecular flexibility index (Phi) is 3.88. The monoisotopic (exact) mass is 209 g/mol. The molecule has 0 fully saturated rings. The summed E-state index contributed by atoms with van der Waals surface area (Å²) < 4.78 is 0. The van der Waals surface area contributed by atoms with Crippen LogP contribution in [0.25, 0.3) is 0 Å². The number of fused-ring (bicyclic) bond motifs is 1. The largest absolute Gasteiger partial charge is 0.198 e. The standard InChI is InChI=1S/C12H17.Ti/c1-3-10-8-9(2)11-6-4-5-7-12(10)11;/h8H,3-7H2,1-2H3;/q-1;. The van der Waals surface area contributed by atoms with Crippen molar-refractivity contribution in [3.05, 3.63) is 28.3 Å². The van der Waals surface area contributed by atoms with Gasteiger partial charge in [0.15, 0.2) is 0 Å². The maximum atomic E-state index is 2.40. The number of hydrogen-bond acceptors (Lipinski definition) is 0. The number of rotatable bonds is 1. The molecular formula is C12H17Ti-. The fourth-order valence-electron chi connectivity index (χ4n) is 2.45. The van der Waals surface area contributed by atoms with Crippen LogP contribution >= 0.6 is 0 Å². The molecule has 0 amide bonds. The van der Waals surface area contributed by atoms with Gasteiger partial charge in [-0.15, -0.1) is 0 Å². The average Bonchev–Trinajstić information content (AvgIpc) is 2.44. The van der Waals surface area contributed by atoms with E-state index in [0.29, 0.717) is 0 Å². The molecule has 0 nitrogen and oxygen atoms in total. The van der Waals surface area contributed by atoms with Crippen molar-refractivity contribution in [2.75, 3.05) is 0 Å². The summed E-state index contributed by atoms with van der Waals surface area (Å²) in [4.78, 5) is 0. The molecule has 0 bridgehead atoms. The van der Waals surface area contributed by atoms with Gasteiger partial charge in [0.1, 0.15) is 0 Å². The zero-order chi connectivity index (χ0) is 8.55. The van der Waals surface area contributed by atoms with E-state index in [4.69, 9.17) is 0 Å². The van der Waals surface area contributed by atoms with Crippen LogP contribution in [0.3, 0.4) is 0 Å². The third kappa shape index (κ3) is 1.95. The molecule has 0 aliphatic heterocycles. The Hall–Kier alpha value is 0.0643. The third-order valence-corrected chi connectivity index (χ3v) is 3.10. The van der Waals surface area contributed by atoms with Crippen LogP contribution in [0.1, 0.15) is 42.0 Å². The van der Waals surface area contributed by atoms with Crippen molar-refractivity contribution in [1.82, 2.24) is 0 Å². The Bertz CT molecular complexity index is 284. The van der Waals surface area contributed by atoms with Gasteiger partial charge in [-0.2, -0.15) is 28.3 Å². The Balaban J connectivity index is 0.000000845. The van der Waals surface area contributed by atoms with Gasteiger partial charge in [-0.3, -0.25) is 0 Å². The van der Waals surface area contributed by atoms with Gasteiger partial charge in [0.25, 0.3) is 0 Å². The van der Waals surface area contributed by atoms with Crippen LogP contribution in [-0.2, 0) is 41.0 Å². The molecule has 0 atom stereocenters. The minimum atomic E-state index is 0.